The minimum Gasteiger partial charge on any atom is -0.301 e. The van der Waals surface area contributed by atoms with Gasteiger partial charge in [0.05, 0.1) is 11.8 Å². The summed E-state index contributed by atoms with van der Waals surface area (Å²) in [6.07, 6.45) is 14.4. The molecule has 168 valence electrons. The predicted molar refractivity (Wildman–Crippen MR) is 126 cm³/mol. The van der Waals surface area contributed by atoms with Crippen LogP contribution in [0.3, 0.4) is 0 Å². The van der Waals surface area contributed by atoms with Gasteiger partial charge in [-0.15, -0.1) is 0 Å². The van der Waals surface area contributed by atoms with Crippen molar-refractivity contribution < 1.29 is 4.79 Å². The lowest BCUT2D eigenvalue weighted by atomic mass is 9.64. The molecule has 6 heterocycles. The lowest BCUT2D eigenvalue weighted by Gasteiger charge is -2.52. The second-order valence-electron chi connectivity index (χ2n) is 8.84. The third kappa shape index (κ3) is 3.59. The number of carbonyl (C=O) groups is 1. The largest absolute Gasteiger partial charge is 0.301 e. The number of aromatic nitrogens is 4. The fourth-order valence-corrected chi connectivity index (χ4v) is 5.52. The number of Topliss-reactive ketones (excluding diaryl/α,β-unsaturated/α-hetero) is 1. The monoisotopic (exact) mass is 448 g/mol. The molecule has 4 aromatic rings. The Morgan fingerprint density at radius 2 is 0.794 bits per heavy atom. The Kier molecular flexibility index (Phi) is 5.41. The van der Waals surface area contributed by atoms with Crippen molar-refractivity contribution in [2.24, 2.45) is 11.8 Å². The Hall–Kier alpha value is -3.81. The van der Waals surface area contributed by atoms with Gasteiger partial charge < -0.3 is 10.6 Å². The molecule has 7 heteroatoms. The van der Waals surface area contributed by atoms with E-state index in [-0.39, 0.29) is 41.8 Å². The van der Waals surface area contributed by atoms with Gasteiger partial charge in [0.25, 0.3) is 0 Å². The summed E-state index contributed by atoms with van der Waals surface area (Å²) >= 11 is 0. The van der Waals surface area contributed by atoms with Crippen LogP contribution in [0.4, 0.5) is 0 Å². The van der Waals surface area contributed by atoms with Gasteiger partial charge >= 0.3 is 0 Å². The number of nitrogens with one attached hydrogen (secondary N) is 2. The van der Waals surface area contributed by atoms with Gasteiger partial charge in [-0.2, -0.15) is 0 Å². The van der Waals surface area contributed by atoms with E-state index in [0.717, 1.165) is 22.3 Å². The van der Waals surface area contributed by atoms with Crippen molar-refractivity contribution >= 4 is 5.78 Å². The van der Waals surface area contributed by atoms with Crippen molar-refractivity contribution in [3.8, 4) is 0 Å². The van der Waals surface area contributed by atoms with Crippen LogP contribution in [0, 0.1) is 11.8 Å². The number of ketones is 1. The van der Waals surface area contributed by atoms with E-state index >= 15 is 0 Å². The standard InChI is InChI=1S/C27H24N6O/c34-27-21-23(17-5-1-9-28-13-17)32-25(19-7-3-11-30-15-19)22(27)26(20-8-4-12-31-16-20)33-24(21)18-6-2-10-29-14-18/h1-16,21-26,32-33H/t21?,22?,23-,24-,25-,26+/m0/s1. The van der Waals surface area contributed by atoms with Crippen LogP contribution >= 0.6 is 0 Å². The van der Waals surface area contributed by atoms with E-state index in [2.05, 4.69) is 30.6 Å². The second kappa shape index (κ2) is 8.85. The van der Waals surface area contributed by atoms with Crippen LogP contribution in [0.5, 0.6) is 0 Å². The molecule has 6 rings (SSSR count). The van der Waals surface area contributed by atoms with Gasteiger partial charge in [-0.25, -0.2) is 0 Å². The van der Waals surface area contributed by atoms with Crippen LogP contribution in [0.25, 0.3) is 0 Å². The van der Waals surface area contributed by atoms with Crippen LogP contribution in [-0.2, 0) is 4.79 Å². The van der Waals surface area contributed by atoms with E-state index in [1.54, 1.807) is 24.8 Å². The highest BCUT2D eigenvalue weighted by Crippen LogP contribution is 2.51. The molecule has 4 aromatic heterocycles. The summed E-state index contributed by atoms with van der Waals surface area (Å²) in [6.45, 7) is 0. The Balaban J connectivity index is 1.52. The fourth-order valence-electron chi connectivity index (χ4n) is 5.52. The summed E-state index contributed by atoms with van der Waals surface area (Å²) in [6, 6.07) is 15.0. The van der Waals surface area contributed by atoms with Crippen molar-refractivity contribution in [1.29, 1.82) is 0 Å². The van der Waals surface area contributed by atoms with Crippen LogP contribution < -0.4 is 10.6 Å². The first-order chi connectivity index (χ1) is 16.8. The normalized spacial score (nSPS) is 28.4. The maximum Gasteiger partial charge on any atom is 0.146 e. The highest BCUT2D eigenvalue weighted by Gasteiger charge is 2.55. The third-order valence-corrected chi connectivity index (χ3v) is 6.99. The average Bonchev–Trinajstić information content (AvgIpc) is 2.91. The molecule has 7 nitrogen and oxygen atoms in total. The summed E-state index contributed by atoms with van der Waals surface area (Å²) in [5.74, 6) is -0.415. The van der Waals surface area contributed by atoms with Crippen molar-refractivity contribution in [2.45, 2.75) is 24.2 Å². The molecular formula is C27H24N6O. The second-order valence-corrected chi connectivity index (χ2v) is 8.84. The number of hydrogen-bond acceptors (Lipinski definition) is 7. The topological polar surface area (TPSA) is 92.7 Å². The van der Waals surface area contributed by atoms with Crippen LogP contribution in [0.15, 0.2) is 98.1 Å². The van der Waals surface area contributed by atoms with Gasteiger partial charge in [-0.3, -0.25) is 24.7 Å². The first-order valence-electron chi connectivity index (χ1n) is 11.5. The maximum absolute atomic E-state index is 14.4. The Morgan fingerprint density at radius 1 is 0.500 bits per heavy atom. The molecular weight excluding hydrogens is 424 g/mol. The zero-order valence-corrected chi connectivity index (χ0v) is 18.4. The fraction of sp³-hybridized carbons (Fsp3) is 0.222. The van der Waals surface area contributed by atoms with Crippen LogP contribution in [-0.4, -0.2) is 25.7 Å². The van der Waals surface area contributed by atoms with Crippen molar-refractivity contribution in [2.75, 3.05) is 0 Å². The molecule has 2 N–H and O–H groups in total. The summed E-state index contributed by atoms with van der Waals surface area (Å²) in [5.41, 5.74) is 3.96. The average molecular weight is 449 g/mol. The Morgan fingerprint density at radius 3 is 1.03 bits per heavy atom. The number of rotatable bonds is 4. The highest BCUT2D eigenvalue weighted by atomic mass is 16.1. The molecule has 0 aliphatic carbocycles. The molecule has 2 aliphatic rings. The molecule has 2 bridgehead atoms. The van der Waals surface area contributed by atoms with Gasteiger partial charge in [0.2, 0.25) is 0 Å². The lowest BCUT2D eigenvalue weighted by Crippen LogP contribution is -2.60. The molecule has 0 spiro atoms. The SMILES string of the molecule is O=C1C2[C@@H](c3cccnc3)N[C@@H](c3cccnc3)C1[C@H](c1cccnc1)N[C@H]2c1cccnc1. The van der Waals surface area contributed by atoms with Crippen LogP contribution in [0.1, 0.15) is 46.4 Å². The molecule has 34 heavy (non-hydrogen) atoms. The molecule has 0 radical (unpaired) electrons. The number of carbonyl (C=O) groups excluding carboxylic acids is 1. The maximum atomic E-state index is 14.4. The summed E-state index contributed by atoms with van der Waals surface area (Å²) in [7, 11) is 0. The van der Waals surface area contributed by atoms with Crippen LogP contribution in [0.2, 0.25) is 0 Å². The molecule has 0 aromatic carbocycles. The number of piperidine rings is 2. The number of nitrogens with zero attached hydrogens (tertiary/aromatic N) is 4. The third-order valence-electron chi connectivity index (χ3n) is 6.99. The molecule has 2 unspecified atom stereocenters. The zero-order valence-electron chi connectivity index (χ0n) is 18.4. The van der Waals surface area contributed by atoms with Gasteiger partial charge in [-0.05, 0) is 46.5 Å². The molecule has 2 aliphatic heterocycles. The van der Waals surface area contributed by atoms with Crippen molar-refractivity contribution in [1.82, 2.24) is 30.6 Å². The first kappa shape index (κ1) is 20.8. The quantitative estimate of drug-likeness (QED) is 0.493. The molecule has 6 atom stereocenters. The smallest absolute Gasteiger partial charge is 0.146 e. The predicted octanol–water partition coefficient (Wildman–Crippen LogP) is 3.54. The minimum atomic E-state index is -0.320. The number of hydrogen-bond donors (Lipinski definition) is 2. The number of pyridine rings is 4. The van der Waals surface area contributed by atoms with Gasteiger partial charge in [0.15, 0.2) is 0 Å². The summed E-state index contributed by atoms with van der Waals surface area (Å²) in [4.78, 5) is 31.8. The molecule has 0 saturated carbocycles. The Bertz CT molecular complexity index is 1070. The van der Waals surface area contributed by atoms with E-state index in [1.165, 1.54) is 0 Å². The molecule has 2 fully saturated rings. The van der Waals surface area contributed by atoms with E-state index in [4.69, 9.17) is 0 Å². The van der Waals surface area contributed by atoms with E-state index in [1.807, 2.05) is 73.3 Å². The summed E-state index contributed by atoms with van der Waals surface area (Å²) < 4.78 is 0. The van der Waals surface area contributed by atoms with Gasteiger partial charge in [0.1, 0.15) is 5.78 Å². The van der Waals surface area contributed by atoms with E-state index in [0.29, 0.717) is 0 Å². The van der Waals surface area contributed by atoms with Crippen molar-refractivity contribution in [3.63, 3.8) is 0 Å². The minimum absolute atomic E-state index is 0.213. The Labute approximate surface area is 197 Å². The van der Waals surface area contributed by atoms with Gasteiger partial charge in [-0.1, -0.05) is 24.3 Å². The molecule has 2 saturated heterocycles. The van der Waals surface area contributed by atoms with Crippen molar-refractivity contribution in [3.05, 3.63) is 120 Å². The lowest BCUT2D eigenvalue weighted by molar-refractivity contribution is -0.139. The number of fused-ring (bicyclic) bond motifs is 2. The molecule has 0 amide bonds. The summed E-state index contributed by atoms with van der Waals surface area (Å²) in [5, 5.41) is 7.67. The van der Waals surface area contributed by atoms with E-state index < -0.39 is 0 Å². The highest BCUT2D eigenvalue weighted by molar-refractivity contribution is 5.89. The van der Waals surface area contributed by atoms with E-state index in [9.17, 15) is 4.79 Å². The first-order valence-corrected chi connectivity index (χ1v) is 11.5. The van der Waals surface area contributed by atoms with Gasteiger partial charge in [0, 0.05) is 73.7 Å². The zero-order chi connectivity index (χ0) is 22.9.